The van der Waals surface area contributed by atoms with Crippen molar-refractivity contribution in [3.05, 3.63) is 64.5 Å². The molecule has 5 heteroatoms. The van der Waals surface area contributed by atoms with Crippen LogP contribution in [-0.4, -0.2) is 47.5 Å². The summed E-state index contributed by atoms with van der Waals surface area (Å²) in [5.41, 5.74) is 4.37. The van der Waals surface area contributed by atoms with E-state index in [9.17, 15) is 9.18 Å². The number of nitrogens with zero attached hydrogens (tertiary/aromatic N) is 2. The normalized spacial score (nSPS) is 19.7. The molecule has 0 radical (unpaired) electrons. The number of carbonyl (C=O) groups is 1. The number of carbonyl (C=O) groups excluding carboxylic acids is 1. The molecule has 1 amide bonds. The molecule has 192 valence electrons. The fourth-order valence-electron chi connectivity index (χ4n) is 4.85. The first kappa shape index (κ1) is 27.2. The average molecular weight is 483 g/mol. The van der Waals surface area contributed by atoms with Gasteiger partial charge in [-0.25, -0.2) is 4.39 Å². The van der Waals surface area contributed by atoms with Crippen molar-refractivity contribution in [2.24, 2.45) is 0 Å². The third kappa shape index (κ3) is 6.63. The zero-order valence-corrected chi connectivity index (χ0v) is 23.0. The first-order valence-corrected chi connectivity index (χ1v) is 12.7. The van der Waals surface area contributed by atoms with Crippen LogP contribution in [-0.2, 0) is 22.2 Å². The minimum atomic E-state index is -0.219. The summed E-state index contributed by atoms with van der Waals surface area (Å²) in [5.74, 6) is 0.647. The van der Waals surface area contributed by atoms with Gasteiger partial charge in [0.15, 0.2) is 6.61 Å². The van der Waals surface area contributed by atoms with E-state index in [1.807, 2.05) is 17.0 Å². The van der Waals surface area contributed by atoms with Gasteiger partial charge in [0.2, 0.25) is 0 Å². The van der Waals surface area contributed by atoms with Crippen molar-refractivity contribution in [3.63, 3.8) is 0 Å². The SMILES string of the molecule is Cc1cc(C(C)(C)C)c(OCC(=O)N2C[C@H](C)N(Cc3ccc(F)cc3)C[C@H]2C)c(C(C)(C)C)c1. The number of rotatable bonds is 5. The Hall–Kier alpha value is -2.40. The lowest BCUT2D eigenvalue weighted by atomic mass is 9.78. The van der Waals surface area contributed by atoms with E-state index in [2.05, 4.69) is 79.3 Å². The fraction of sp³-hybridized carbons (Fsp3) is 0.567. The zero-order chi connectivity index (χ0) is 26.1. The van der Waals surface area contributed by atoms with Crippen LogP contribution in [0.25, 0.3) is 0 Å². The van der Waals surface area contributed by atoms with Gasteiger partial charge in [-0.3, -0.25) is 9.69 Å². The summed E-state index contributed by atoms with van der Waals surface area (Å²) in [5, 5.41) is 0. The summed E-state index contributed by atoms with van der Waals surface area (Å²) >= 11 is 0. The van der Waals surface area contributed by atoms with Crippen LogP contribution < -0.4 is 4.74 Å². The van der Waals surface area contributed by atoms with E-state index in [0.717, 1.165) is 35.5 Å². The zero-order valence-electron chi connectivity index (χ0n) is 23.0. The smallest absolute Gasteiger partial charge is 0.260 e. The molecule has 1 aliphatic heterocycles. The monoisotopic (exact) mass is 482 g/mol. The van der Waals surface area contributed by atoms with Gasteiger partial charge in [-0.05, 0) is 49.3 Å². The lowest BCUT2D eigenvalue weighted by Gasteiger charge is -2.44. The van der Waals surface area contributed by atoms with E-state index in [1.54, 1.807) is 0 Å². The van der Waals surface area contributed by atoms with Gasteiger partial charge in [0.25, 0.3) is 5.91 Å². The molecular formula is C30H43FN2O2. The van der Waals surface area contributed by atoms with Crippen LogP contribution in [0, 0.1) is 12.7 Å². The first-order valence-electron chi connectivity index (χ1n) is 12.7. The predicted octanol–water partition coefficient (Wildman–Crippen LogP) is 6.23. The van der Waals surface area contributed by atoms with Gasteiger partial charge in [0.05, 0.1) is 0 Å². The van der Waals surface area contributed by atoms with E-state index >= 15 is 0 Å². The van der Waals surface area contributed by atoms with Crippen molar-refractivity contribution < 1.29 is 13.9 Å². The molecule has 0 saturated carbocycles. The Balaban J connectivity index is 1.74. The lowest BCUT2D eigenvalue weighted by Crippen LogP contribution is -2.58. The van der Waals surface area contributed by atoms with E-state index < -0.39 is 0 Å². The number of hydrogen-bond acceptors (Lipinski definition) is 3. The van der Waals surface area contributed by atoms with Gasteiger partial charge in [0.1, 0.15) is 11.6 Å². The Morgan fingerprint density at radius 3 is 2.00 bits per heavy atom. The number of piperazine rings is 1. The lowest BCUT2D eigenvalue weighted by molar-refractivity contribution is -0.139. The van der Waals surface area contributed by atoms with E-state index in [1.165, 1.54) is 17.7 Å². The van der Waals surface area contributed by atoms with E-state index in [0.29, 0.717) is 6.54 Å². The summed E-state index contributed by atoms with van der Waals surface area (Å²) in [6.45, 7) is 21.7. The fourth-order valence-corrected chi connectivity index (χ4v) is 4.85. The number of amides is 1. The summed E-state index contributed by atoms with van der Waals surface area (Å²) in [7, 11) is 0. The Bertz CT molecular complexity index is 999. The predicted molar refractivity (Wildman–Crippen MR) is 142 cm³/mol. The Morgan fingerprint density at radius 1 is 0.943 bits per heavy atom. The van der Waals surface area contributed by atoms with Crippen molar-refractivity contribution in [2.75, 3.05) is 19.7 Å². The van der Waals surface area contributed by atoms with Crippen LogP contribution in [0.2, 0.25) is 0 Å². The third-order valence-corrected chi connectivity index (χ3v) is 6.92. The molecule has 0 aromatic heterocycles. The molecule has 3 rings (SSSR count). The first-order chi connectivity index (χ1) is 16.2. The molecule has 0 aliphatic carbocycles. The quantitative estimate of drug-likeness (QED) is 0.506. The second-order valence-electron chi connectivity index (χ2n) is 12.3. The van der Waals surface area contributed by atoms with Crippen molar-refractivity contribution in [1.82, 2.24) is 9.80 Å². The van der Waals surface area contributed by atoms with Gasteiger partial charge >= 0.3 is 0 Å². The maximum absolute atomic E-state index is 13.4. The summed E-state index contributed by atoms with van der Waals surface area (Å²) in [4.78, 5) is 17.7. The highest BCUT2D eigenvalue weighted by atomic mass is 19.1. The Kier molecular flexibility index (Phi) is 8.00. The second-order valence-corrected chi connectivity index (χ2v) is 12.3. The van der Waals surface area contributed by atoms with Gasteiger partial charge in [-0.15, -0.1) is 0 Å². The Labute approximate surface area is 211 Å². The van der Waals surface area contributed by atoms with Crippen LogP contribution in [0.4, 0.5) is 4.39 Å². The van der Waals surface area contributed by atoms with Gasteiger partial charge in [0, 0.05) is 42.8 Å². The van der Waals surface area contributed by atoms with Gasteiger partial charge < -0.3 is 9.64 Å². The van der Waals surface area contributed by atoms with Crippen LogP contribution in [0.1, 0.15) is 77.6 Å². The highest BCUT2D eigenvalue weighted by Crippen LogP contribution is 2.40. The van der Waals surface area contributed by atoms with Crippen molar-refractivity contribution in [1.29, 1.82) is 0 Å². The van der Waals surface area contributed by atoms with Crippen LogP contribution in [0.3, 0.4) is 0 Å². The molecule has 0 bridgehead atoms. The number of halogens is 1. The standard InChI is InChI=1S/C30H43FN2O2/c1-20-14-25(29(4,5)6)28(26(15-20)30(7,8)9)35-19-27(34)33-17-21(2)32(16-22(33)3)18-23-10-12-24(31)13-11-23/h10-15,21-22H,16-19H2,1-9H3/t21-,22+/m0/s1. The highest BCUT2D eigenvalue weighted by Gasteiger charge is 2.33. The molecule has 2 aromatic rings. The van der Waals surface area contributed by atoms with Crippen molar-refractivity contribution in [3.8, 4) is 5.75 Å². The number of aryl methyl sites for hydroxylation is 1. The summed E-state index contributed by atoms with van der Waals surface area (Å²) in [6, 6.07) is 11.3. The summed E-state index contributed by atoms with van der Waals surface area (Å²) < 4.78 is 19.6. The molecule has 1 fully saturated rings. The van der Waals surface area contributed by atoms with Crippen LogP contribution in [0.5, 0.6) is 5.75 Å². The minimum Gasteiger partial charge on any atom is -0.483 e. The largest absolute Gasteiger partial charge is 0.483 e. The molecule has 35 heavy (non-hydrogen) atoms. The highest BCUT2D eigenvalue weighted by molar-refractivity contribution is 5.78. The maximum Gasteiger partial charge on any atom is 0.260 e. The van der Waals surface area contributed by atoms with E-state index in [-0.39, 0.29) is 41.2 Å². The van der Waals surface area contributed by atoms with Gasteiger partial charge in [-0.2, -0.15) is 0 Å². The number of hydrogen-bond donors (Lipinski definition) is 0. The molecule has 0 N–H and O–H groups in total. The molecule has 4 nitrogen and oxygen atoms in total. The van der Waals surface area contributed by atoms with E-state index in [4.69, 9.17) is 4.74 Å². The number of benzene rings is 2. The molecule has 1 saturated heterocycles. The third-order valence-electron chi connectivity index (χ3n) is 6.92. The molecule has 2 atom stereocenters. The molecule has 2 aromatic carbocycles. The molecule has 1 heterocycles. The number of ether oxygens (including phenoxy) is 1. The average Bonchev–Trinajstić information content (AvgIpc) is 2.74. The Morgan fingerprint density at radius 2 is 1.49 bits per heavy atom. The maximum atomic E-state index is 13.4. The van der Waals surface area contributed by atoms with Crippen LogP contribution >= 0.6 is 0 Å². The minimum absolute atomic E-state index is 0.0195. The van der Waals surface area contributed by atoms with Crippen molar-refractivity contribution >= 4 is 5.91 Å². The van der Waals surface area contributed by atoms with Gasteiger partial charge in [-0.1, -0.05) is 71.4 Å². The molecule has 0 unspecified atom stereocenters. The molecule has 0 spiro atoms. The second kappa shape index (κ2) is 10.3. The summed E-state index contributed by atoms with van der Waals surface area (Å²) in [6.07, 6.45) is 0. The van der Waals surface area contributed by atoms with Crippen molar-refractivity contribution in [2.45, 2.75) is 91.8 Å². The van der Waals surface area contributed by atoms with Crippen LogP contribution in [0.15, 0.2) is 36.4 Å². The topological polar surface area (TPSA) is 32.8 Å². The molecule has 1 aliphatic rings. The molecular weight excluding hydrogens is 439 g/mol.